The minimum atomic E-state index is -0.767. The number of alkyl halides is 1. The van der Waals surface area contributed by atoms with Crippen molar-refractivity contribution < 1.29 is 4.39 Å². The van der Waals surface area contributed by atoms with Crippen LogP contribution in [0, 0.1) is 5.41 Å². The van der Waals surface area contributed by atoms with E-state index in [-0.39, 0.29) is 5.41 Å². The van der Waals surface area contributed by atoms with Gasteiger partial charge in [0, 0.05) is 24.5 Å². The molecule has 136 valence electrons. The van der Waals surface area contributed by atoms with Crippen molar-refractivity contribution in [3.05, 3.63) is 36.3 Å². The molecule has 3 aromatic heterocycles. The lowest BCUT2D eigenvalue weighted by Crippen LogP contribution is -2.20. The predicted molar refractivity (Wildman–Crippen MR) is 102 cm³/mol. The molecular weight excluding hydrogens is 329 g/mol. The number of hydrogen-bond donors (Lipinski definition) is 1. The van der Waals surface area contributed by atoms with E-state index >= 15 is 0 Å². The van der Waals surface area contributed by atoms with E-state index < -0.39 is 6.17 Å². The molecule has 0 bridgehead atoms. The number of aromatic nitrogens is 4. The fraction of sp³-hybridized carbons (Fsp3) is 0.450. The molecule has 1 saturated heterocycles. The first-order chi connectivity index (χ1) is 12.4. The van der Waals surface area contributed by atoms with Gasteiger partial charge in [-0.1, -0.05) is 20.8 Å². The molecule has 1 N–H and O–H groups in total. The van der Waals surface area contributed by atoms with E-state index in [1.165, 1.54) is 5.56 Å². The second kappa shape index (κ2) is 6.34. The standard InChI is InChI=1S/C20H24FN5/c1-20(2,3)9-14-10-23-19-18(14)25-16(11-24-19)13-4-6-22-17(8-13)26-7-5-15(21)12-26/h4,6,8,10-11,15H,5,7,9,12H2,1-3H3,(H,23,24)/t15-/m1/s1. The summed E-state index contributed by atoms with van der Waals surface area (Å²) in [7, 11) is 0. The SMILES string of the molecule is CC(C)(C)Cc1c[nH]c2ncc(-c3ccnc(N4CC[C@@H](F)C4)c3)nc12. The highest BCUT2D eigenvalue weighted by Gasteiger charge is 2.23. The quantitative estimate of drug-likeness (QED) is 0.768. The van der Waals surface area contributed by atoms with Gasteiger partial charge in [-0.25, -0.2) is 19.3 Å². The Balaban J connectivity index is 1.69. The van der Waals surface area contributed by atoms with Crippen LogP contribution >= 0.6 is 0 Å². The second-order valence-electron chi connectivity index (χ2n) is 8.24. The average molecular weight is 353 g/mol. The zero-order valence-electron chi connectivity index (χ0n) is 15.5. The van der Waals surface area contributed by atoms with Gasteiger partial charge in [0.05, 0.1) is 18.4 Å². The van der Waals surface area contributed by atoms with Crippen LogP contribution in [0.15, 0.2) is 30.7 Å². The number of hydrogen-bond acceptors (Lipinski definition) is 4. The molecule has 4 rings (SSSR count). The fourth-order valence-electron chi connectivity index (χ4n) is 3.46. The summed E-state index contributed by atoms with van der Waals surface area (Å²) in [6.07, 6.45) is 6.27. The molecule has 0 unspecified atom stereocenters. The molecule has 0 spiro atoms. The second-order valence-corrected chi connectivity index (χ2v) is 8.24. The Morgan fingerprint density at radius 2 is 2.15 bits per heavy atom. The minimum absolute atomic E-state index is 0.176. The van der Waals surface area contributed by atoms with Crippen LogP contribution in [0.3, 0.4) is 0 Å². The number of pyridine rings is 1. The van der Waals surface area contributed by atoms with Crippen LogP contribution in [0.5, 0.6) is 0 Å². The summed E-state index contributed by atoms with van der Waals surface area (Å²) in [5.41, 5.74) is 4.84. The Bertz CT molecular complexity index is 927. The highest BCUT2D eigenvalue weighted by Crippen LogP contribution is 2.28. The van der Waals surface area contributed by atoms with Gasteiger partial charge in [0.15, 0.2) is 5.65 Å². The van der Waals surface area contributed by atoms with Gasteiger partial charge in [0.2, 0.25) is 0 Å². The first kappa shape index (κ1) is 16.9. The van der Waals surface area contributed by atoms with Crippen LogP contribution in [0.1, 0.15) is 32.8 Å². The van der Waals surface area contributed by atoms with Crippen molar-refractivity contribution in [3.8, 4) is 11.3 Å². The summed E-state index contributed by atoms with van der Waals surface area (Å²) in [5.74, 6) is 0.800. The molecule has 1 atom stereocenters. The normalized spacial score (nSPS) is 18.0. The molecule has 6 heteroatoms. The first-order valence-corrected chi connectivity index (χ1v) is 9.07. The van der Waals surface area contributed by atoms with Gasteiger partial charge >= 0.3 is 0 Å². The van der Waals surface area contributed by atoms with Crippen LogP contribution in [0.2, 0.25) is 0 Å². The lowest BCUT2D eigenvalue weighted by Gasteiger charge is -2.17. The topological polar surface area (TPSA) is 57.7 Å². The molecule has 1 aliphatic heterocycles. The van der Waals surface area contributed by atoms with Crippen LogP contribution < -0.4 is 4.90 Å². The molecular formula is C20H24FN5. The number of anilines is 1. The monoisotopic (exact) mass is 353 g/mol. The number of nitrogens with one attached hydrogen (secondary N) is 1. The van der Waals surface area contributed by atoms with E-state index in [0.29, 0.717) is 19.5 Å². The van der Waals surface area contributed by atoms with E-state index in [9.17, 15) is 4.39 Å². The molecule has 0 amide bonds. The summed E-state index contributed by atoms with van der Waals surface area (Å²) in [4.78, 5) is 19.0. The van der Waals surface area contributed by atoms with Crippen molar-refractivity contribution in [2.45, 2.75) is 39.8 Å². The Hall–Kier alpha value is -2.50. The van der Waals surface area contributed by atoms with Crippen LogP contribution in [0.25, 0.3) is 22.4 Å². The van der Waals surface area contributed by atoms with Crippen LogP contribution in [0.4, 0.5) is 10.2 Å². The van der Waals surface area contributed by atoms with Crippen LogP contribution in [-0.2, 0) is 6.42 Å². The van der Waals surface area contributed by atoms with E-state index in [1.807, 2.05) is 23.2 Å². The van der Waals surface area contributed by atoms with E-state index in [4.69, 9.17) is 4.98 Å². The third-order valence-electron chi connectivity index (χ3n) is 4.68. The van der Waals surface area contributed by atoms with Crippen molar-refractivity contribution >= 4 is 17.0 Å². The van der Waals surface area contributed by atoms with Gasteiger partial charge in [0.25, 0.3) is 0 Å². The van der Waals surface area contributed by atoms with Crippen molar-refractivity contribution in [1.82, 2.24) is 19.9 Å². The Morgan fingerprint density at radius 3 is 2.88 bits per heavy atom. The number of nitrogens with zero attached hydrogens (tertiary/aromatic N) is 4. The van der Waals surface area contributed by atoms with Gasteiger partial charge in [-0.15, -0.1) is 0 Å². The molecule has 3 aromatic rings. The number of H-pyrrole nitrogens is 1. The highest BCUT2D eigenvalue weighted by atomic mass is 19.1. The Morgan fingerprint density at radius 1 is 1.31 bits per heavy atom. The maximum atomic E-state index is 13.5. The Kier molecular flexibility index (Phi) is 4.13. The van der Waals surface area contributed by atoms with Gasteiger partial charge in [0.1, 0.15) is 17.5 Å². The predicted octanol–water partition coefficient (Wildman–Crippen LogP) is 4.16. The van der Waals surface area contributed by atoms with E-state index in [2.05, 4.69) is 35.7 Å². The van der Waals surface area contributed by atoms with Gasteiger partial charge in [-0.3, -0.25) is 0 Å². The fourth-order valence-corrected chi connectivity index (χ4v) is 3.46. The summed E-state index contributed by atoms with van der Waals surface area (Å²) >= 11 is 0. The lowest BCUT2D eigenvalue weighted by molar-refractivity contribution is 0.364. The summed E-state index contributed by atoms with van der Waals surface area (Å²) in [6.45, 7) is 7.76. The molecule has 0 aromatic carbocycles. The molecule has 5 nitrogen and oxygen atoms in total. The molecule has 4 heterocycles. The minimum Gasteiger partial charge on any atom is -0.354 e. The first-order valence-electron chi connectivity index (χ1n) is 9.07. The number of fused-ring (bicyclic) bond motifs is 1. The van der Waals surface area contributed by atoms with Crippen molar-refractivity contribution in [3.63, 3.8) is 0 Å². The highest BCUT2D eigenvalue weighted by molar-refractivity contribution is 5.78. The van der Waals surface area contributed by atoms with Gasteiger partial charge < -0.3 is 9.88 Å². The maximum Gasteiger partial charge on any atom is 0.156 e. The summed E-state index contributed by atoms with van der Waals surface area (Å²) in [5, 5.41) is 0. The van der Waals surface area contributed by atoms with E-state index in [1.54, 1.807) is 12.4 Å². The van der Waals surface area contributed by atoms with Gasteiger partial charge in [-0.05, 0) is 36.0 Å². The third-order valence-corrected chi connectivity index (χ3v) is 4.68. The lowest BCUT2D eigenvalue weighted by atomic mass is 9.89. The maximum absolute atomic E-state index is 13.5. The van der Waals surface area contributed by atoms with Crippen molar-refractivity contribution in [1.29, 1.82) is 0 Å². The van der Waals surface area contributed by atoms with Crippen LogP contribution in [-0.4, -0.2) is 39.2 Å². The molecule has 26 heavy (non-hydrogen) atoms. The zero-order chi connectivity index (χ0) is 18.3. The third kappa shape index (κ3) is 3.41. The smallest absolute Gasteiger partial charge is 0.156 e. The van der Waals surface area contributed by atoms with Crippen molar-refractivity contribution in [2.75, 3.05) is 18.0 Å². The van der Waals surface area contributed by atoms with E-state index in [0.717, 1.165) is 34.7 Å². The summed E-state index contributed by atoms with van der Waals surface area (Å²) in [6, 6.07) is 3.91. The molecule has 0 saturated carbocycles. The molecule has 0 aliphatic carbocycles. The number of rotatable bonds is 3. The Labute approximate surface area is 152 Å². The largest absolute Gasteiger partial charge is 0.354 e. The zero-order valence-corrected chi connectivity index (χ0v) is 15.5. The van der Waals surface area contributed by atoms with Crippen molar-refractivity contribution in [2.24, 2.45) is 5.41 Å². The molecule has 0 radical (unpaired) electrons. The number of aromatic amines is 1. The van der Waals surface area contributed by atoms with Gasteiger partial charge in [-0.2, -0.15) is 0 Å². The molecule has 1 fully saturated rings. The average Bonchev–Trinajstić information content (AvgIpc) is 3.20. The molecule has 1 aliphatic rings. The number of halogens is 1. The summed E-state index contributed by atoms with van der Waals surface area (Å²) < 4.78 is 13.5.